The van der Waals surface area contributed by atoms with Crippen LogP contribution in [-0.4, -0.2) is 64.0 Å². The van der Waals surface area contributed by atoms with Crippen LogP contribution in [-0.2, 0) is 28.7 Å². The van der Waals surface area contributed by atoms with Gasteiger partial charge in [0.05, 0.1) is 12.5 Å². The van der Waals surface area contributed by atoms with E-state index in [2.05, 4.69) is 5.32 Å². The zero-order valence-corrected chi connectivity index (χ0v) is 17.6. The van der Waals surface area contributed by atoms with Gasteiger partial charge in [-0.1, -0.05) is 0 Å². The summed E-state index contributed by atoms with van der Waals surface area (Å²) in [5.74, 6) is -3.24. The number of nitrogens with two attached hydrogens (primary N) is 2. The maximum atomic E-state index is 12.8. The normalized spacial score (nSPS) is 20.8. The summed E-state index contributed by atoms with van der Waals surface area (Å²) in [6.07, 6.45) is -1.67. The van der Waals surface area contributed by atoms with Crippen molar-refractivity contribution < 1.29 is 33.4 Å². The first kappa shape index (κ1) is 24.3. The van der Waals surface area contributed by atoms with Crippen LogP contribution >= 0.6 is 0 Å². The zero-order valence-electron chi connectivity index (χ0n) is 17.6. The quantitative estimate of drug-likeness (QED) is 0.508. The summed E-state index contributed by atoms with van der Waals surface area (Å²) in [6, 6.07) is -3.77. The molecule has 0 aromatic rings. The van der Waals surface area contributed by atoms with Gasteiger partial charge in [0.25, 0.3) is 5.91 Å². The fourth-order valence-corrected chi connectivity index (χ4v) is 2.56. The molecule has 1 rings (SSSR count). The predicted octanol–water partition coefficient (Wildman–Crippen LogP) is -0.448. The monoisotopic (exact) mass is 414 g/mol. The van der Waals surface area contributed by atoms with Gasteiger partial charge in [0.15, 0.2) is 0 Å². The topological polar surface area (TPSA) is 171 Å². The van der Waals surface area contributed by atoms with E-state index in [0.29, 0.717) is 4.90 Å². The Hall–Kier alpha value is -2.69. The summed E-state index contributed by atoms with van der Waals surface area (Å²) in [6.45, 7) is 9.74. The van der Waals surface area contributed by atoms with Gasteiger partial charge in [-0.2, -0.15) is 0 Å². The van der Waals surface area contributed by atoms with Gasteiger partial charge < -0.3 is 26.3 Å². The molecule has 0 aromatic heterocycles. The molecule has 1 unspecified atom stereocenters. The molecule has 1 saturated heterocycles. The standard InChI is InChI=1S/C18H30N4O7/c1-17(2,3)28-15(26)11-8-10(21-13(24)9(19)7-12(20)23)14(25)22(11)16(27)29-18(4,5)6/h9-11H,7-8,19H2,1-6H3,(H2,20,23)(H,21,24)/t9?,10-,11+/m1/s1. The van der Waals surface area contributed by atoms with Gasteiger partial charge in [-0.05, 0) is 41.5 Å². The molecule has 164 valence electrons. The summed E-state index contributed by atoms with van der Waals surface area (Å²) >= 11 is 0. The summed E-state index contributed by atoms with van der Waals surface area (Å²) in [7, 11) is 0. The molecule has 1 aliphatic rings. The molecular formula is C18H30N4O7. The molecule has 29 heavy (non-hydrogen) atoms. The second-order valence-electron chi connectivity index (χ2n) is 8.81. The van der Waals surface area contributed by atoms with Crippen molar-refractivity contribution in [1.82, 2.24) is 10.2 Å². The number of nitrogens with one attached hydrogen (secondary N) is 1. The lowest BCUT2D eigenvalue weighted by atomic mass is 10.1. The average molecular weight is 414 g/mol. The minimum Gasteiger partial charge on any atom is -0.458 e. The highest BCUT2D eigenvalue weighted by Crippen LogP contribution is 2.25. The van der Waals surface area contributed by atoms with Crippen molar-refractivity contribution >= 4 is 29.8 Å². The predicted molar refractivity (Wildman–Crippen MR) is 101 cm³/mol. The summed E-state index contributed by atoms with van der Waals surface area (Å²) in [5.41, 5.74) is 8.82. The Morgan fingerprint density at radius 2 is 1.62 bits per heavy atom. The molecular weight excluding hydrogens is 384 g/mol. The maximum absolute atomic E-state index is 12.8. The van der Waals surface area contributed by atoms with E-state index >= 15 is 0 Å². The molecule has 0 aromatic carbocycles. The van der Waals surface area contributed by atoms with Gasteiger partial charge in [0, 0.05) is 6.42 Å². The highest BCUT2D eigenvalue weighted by atomic mass is 16.6. The van der Waals surface area contributed by atoms with Gasteiger partial charge in [0.2, 0.25) is 11.8 Å². The first-order valence-corrected chi connectivity index (χ1v) is 9.15. The molecule has 0 bridgehead atoms. The van der Waals surface area contributed by atoms with Crippen LogP contribution in [0.5, 0.6) is 0 Å². The Morgan fingerprint density at radius 3 is 2.07 bits per heavy atom. The minimum absolute atomic E-state index is 0.220. The number of nitrogens with zero attached hydrogens (tertiary/aromatic N) is 1. The molecule has 0 saturated carbocycles. The van der Waals surface area contributed by atoms with Crippen molar-refractivity contribution in [1.29, 1.82) is 0 Å². The van der Waals surface area contributed by atoms with Crippen molar-refractivity contribution in [2.24, 2.45) is 11.5 Å². The van der Waals surface area contributed by atoms with E-state index in [0.717, 1.165) is 0 Å². The Bertz CT molecular complexity index is 693. The van der Waals surface area contributed by atoms with Crippen molar-refractivity contribution in [3.63, 3.8) is 0 Å². The number of carbonyl (C=O) groups excluding carboxylic acids is 5. The summed E-state index contributed by atoms with van der Waals surface area (Å²) < 4.78 is 10.5. The molecule has 11 nitrogen and oxygen atoms in total. The third kappa shape index (κ3) is 7.33. The third-order valence-electron chi connectivity index (χ3n) is 3.65. The Morgan fingerprint density at radius 1 is 1.10 bits per heavy atom. The first-order chi connectivity index (χ1) is 13.0. The molecule has 5 N–H and O–H groups in total. The maximum Gasteiger partial charge on any atom is 0.417 e. The van der Waals surface area contributed by atoms with Crippen LogP contribution in [0.3, 0.4) is 0 Å². The van der Waals surface area contributed by atoms with E-state index in [1.54, 1.807) is 41.5 Å². The van der Waals surface area contributed by atoms with E-state index in [1.165, 1.54) is 0 Å². The third-order valence-corrected chi connectivity index (χ3v) is 3.65. The number of rotatable bonds is 5. The number of imide groups is 1. The second kappa shape index (κ2) is 8.76. The fraction of sp³-hybridized carbons (Fsp3) is 0.722. The van der Waals surface area contributed by atoms with E-state index in [4.69, 9.17) is 20.9 Å². The smallest absolute Gasteiger partial charge is 0.417 e. The van der Waals surface area contributed by atoms with Crippen LogP contribution in [0.4, 0.5) is 4.79 Å². The number of primary amides is 1. The van der Waals surface area contributed by atoms with Crippen molar-refractivity contribution in [3.8, 4) is 0 Å². The first-order valence-electron chi connectivity index (χ1n) is 9.15. The molecule has 0 spiro atoms. The Balaban J connectivity index is 3.07. The van der Waals surface area contributed by atoms with Crippen molar-refractivity contribution in [3.05, 3.63) is 0 Å². The lowest BCUT2D eigenvalue weighted by Gasteiger charge is -2.28. The number of hydrogen-bond donors (Lipinski definition) is 3. The second-order valence-corrected chi connectivity index (χ2v) is 8.81. The van der Waals surface area contributed by atoms with Gasteiger partial charge >= 0.3 is 12.1 Å². The van der Waals surface area contributed by atoms with Gasteiger partial charge in [-0.25, -0.2) is 14.5 Å². The average Bonchev–Trinajstić information content (AvgIpc) is 2.80. The van der Waals surface area contributed by atoms with Crippen LogP contribution < -0.4 is 16.8 Å². The van der Waals surface area contributed by atoms with Crippen LogP contribution in [0.2, 0.25) is 0 Å². The number of amides is 4. The molecule has 0 radical (unpaired) electrons. The number of carbonyl (C=O) groups is 5. The highest BCUT2D eigenvalue weighted by Gasteiger charge is 2.50. The van der Waals surface area contributed by atoms with Crippen molar-refractivity contribution in [2.45, 2.75) is 83.7 Å². The molecule has 3 atom stereocenters. The molecule has 0 aliphatic carbocycles. The van der Waals surface area contributed by atoms with E-state index in [9.17, 15) is 24.0 Å². The number of ether oxygens (including phenoxy) is 2. The lowest BCUT2D eigenvalue weighted by Crippen LogP contribution is -2.51. The molecule has 1 aliphatic heterocycles. The Kier molecular flexibility index (Phi) is 7.36. The lowest BCUT2D eigenvalue weighted by molar-refractivity contribution is -0.161. The van der Waals surface area contributed by atoms with Crippen molar-refractivity contribution in [2.75, 3.05) is 0 Å². The van der Waals surface area contributed by atoms with Gasteiger partial charge in [0.1, 0.15) is 23.3 Å². The number of esters is 1. The largest absolute Gasteiger partial charge is 0.458 e. The Labute approximate surface area is 169 Å². The molecule has 4 amide bonds. The number of likely N-dealkylation sites (tertiary alicyclic amines) is 1. The molecule has 1 fully saturated rings. The van der Waals surface area contributed by atoms with Gasteiger partial charge in [-0.15, -0.1) is 0 Å². The fourth-order valence-electron chi connectivity index (χ4n) is 2.56. The SMILES string of the molecule is CC(C)(C)OC(=O)[C@@H]1C[C@@H](NC(=O)C(N)CC(N)=O)C(=O)N1C(=O)OC(C)(C)C. The number of hydrogen-bond acceptors (Lipinski definition) is 8. The summed E-state index contributed by atoms with van der Waals surface area (Å²) in [5, 5.41) is 2.35. The molecule has 11 heteroatoms. The van der Waals surface area contributed by atoms with Crippen LogP contribution in [0.1, 0.15) is 54.4 Å². The van der Waals surface area contributed by atoms with E-state index in [-0.39, 0.29) is 6.42 Å². The van der Waals surface area contributed by atoms with Crippen LogP contribution in [0.15, 0.2) is 0 Å². The molecule has 1 heterocycles. The van der Waals surface area contributed by atoms with Crippen LogP contribution in [0.25, 0.3) is 0 Å². The minimum atomic E-state index is -1.28. The van der Waals surface area contributed by atoms with E-state index in [1.807, 2.05) is 0 Å². The van der Waals surface area contributed by atoms with E-state index < -0.39 is 65.5 Å². The highest BCUT2D eigenvalue weighted by molar-refractivity contribution is 6.04. The zero-order chi connectivity index (χ0) is 22.7. The van der Waals surface area contributed by atoms with Gasteiger partial charge in [-0.3, -0.25) is 14.4 Å². The van der Waals surface area contributed by atoms with Crippen LogP contribution in [0, 0.1) is 0 Å². The summed E-state index contributed by atoms with van der Waals surface area (Å²) in [4.78, 5) is 61.6.